The van der Waals surface area contributed by atoms with Crippen molar-refractivity contribution in [3.63, 3.8) is 0 Å². The fraction of sp³-hybridized carbons (Fsp3) is 0.889. The van der Waals surface area contributed by atoms with Crippen molar-refractivity contribution < 1.29 is 27.1 Å². The maximum Gasteiger partial charge on any atom is 0.364 e. The highest BCUT2D eigenvalue weighted by Crippen LogP contribution is 2.27. The van der Waals surface area contributed by atoms with Crippen LogP contribution in [0.2, 0.25) is 0 Å². The zero-order chi connectivity index (χ0) is 11.5. The van der Waals surface area contributed by atoms with Crippen molar-refractivity contribution in [2.45, 2.75) is 44.1 Å². The van der Waals surface area contributed by atoms with E-state index < -0.39 is 24.6 Å². The van der Waals surface area contributed by atoms with Crippen molar-refractivity contribution in [2.75, 3.05) is 6.61 Å². The summed E-state index contributed by atoms with van der Waals surface area (Å²) in [6, 6.07) is 0. The maximum atomic E-state index is 12.5. The molecule has 1 fully saturated rings. The minimum Gasteiger partial charge on any atom is -0.378 e. The number of hydrogen-bond donors (Lipinski definition) is 0. The number of ketones is 1. The maximum absolute atomic E-state index is 12.5. The third-order valence-electron chi connectivity index (χ3n) is 2.36. The van der Waals surface area contributed by atoms with Gasteiger partial charge >= 0.3 is 12.3 Å². The van der Waals surface area contributed by atoms with Gasteiger partial charge in [0.15, 0.2) is 0 Å². The Labute approximate surface area is 84.6 Å². The van der Waals surface area contributed by atoms with E-state index in [-0.39, 0.29) is 12.5 Å². The summed E-state index contributed by atoms with van der Waals surface area (Å²) in [7, 11) is 0. The number of halogens is 4. The molecule has 0 bridgehead atoms. The fourth-order valence-corrected chi connectivity index (χ4v) is 1.45. The molecule has 1 unspecified atom stereocenters. The van der Waals surface area contributed by atoms with Crippen LogP contribution in [0.15, 0.2) is 0 Å². The predicted octanol–water partition coefficient (Wildman–Crippen LogP) is 2.42. The van der Waals surface area contributed by atoms with Crippen LogP contribution in [0.5, 0.6) is 0 Å². The predicted molar refractivity (Wildman–Crippen MR) is 44.2 cm³/mol. The van der Waals surface area contributed by atoms with E-state index in [1.54, 1.807) is 0 Å². The first-order valence-electron chi connectivity index (χ1n) is 4.75. The molecule has 1 saturated heterocycles. The van der Waals surface area contributed by atoms with E-state index >= 15 is 0 Å². The van der Waals surface area contributed by atoms with E-state index in [0.29, 0.717) is 13.0 Å². The van der Waals surface area contributed by atoms with E-state index in [0.717, 1.165) is 6.42 Å². The molecule has 1 rings (SSSR count). The van der Waals surface area contributed by atoms with Crippen molar-refractivity contribution in [1.82, 2.24) is 0 Å². The van der Waals surface area contributed by atoms with Gasteiger partial charge < -0.3 is 4.74 Å². The van der Waals surface area contributed by atoms with Gasteiger partial charge in [0.05, 0.1) is 6.10 Å². The third-order valence-corrected chi connectivity index (χ3v) is 2.36. The SMILES string of the molecule is O=C(CCC1CCCO1)C(F)(F)C(F)F. The smallest absolute Gasteiger partial charge is 0.364 e. The lowest BCUT2D eigenvalue weighted by Gasteiger charge is -2.14. The number of hydrogen-bond acceptors (Lipinski definition) is 2. The van der Waals surface area contributed by atoms with Crippen LogP contribution in [0.1, 0.15) is 25.7 Å². The van der Waals surface area contributed by atoms with Crippen LogP contribution < -0.4 is 0 Å². The number of alkyl halides is 4. The molecule has 0 N–H and O–H groups in total. The van der Waals surface area contributed by atoms with Gasteiger partial charge in [-0.15, -0.1) is 0 Å². The Hall–Kier alpha value is -0.650. The highest BCUT2D eigenvalue weighted by Gasteiger charge is 2.47. The van der Waals surface area contributed by atoms with Crippen LogP contribution in [0.4, 0.5) is 17.6 Å². The van der Waals surface area contributed by atoms with Crippen LogP contribution >= 0.6 is 0 Å². The molecule has 0 aromatic rings. The molecule has 0 radical (unpaired) electrons. The molecule has 1 aliphatic rings. The Balaban J connectivity index is 2.34. The molecule has 0 aliphatic carbocycles. The molecule has 88 valence electrons. The lowest BCUT2D eigenvalue weighted by Crippen LogP contribution is -2.36. The van der Waals surface area contributed by atoms with Crippen LogP contribution in [0.3, 0.4) is 0 Å². The Morgan fingerprint density at radius 3 is 2.60 bits per heavy atom. The van der Waals surface area contributed by atoms with Gasteiger partial charge in [0.1, 0.15) is 0 Å². The van der Waals surface area contributed by atoms with E-state index in [4.69, 9.17) is 4.74 Å². The Kier molecular flexibility index (Phi) is 4.07. The number of ether oxygens (including phenoxy) is 1. The minimum atomic E-state index is -4.52. The van der Waals surface area contributed by atoms with Crippen molar-refractivity contribution >= 4 is 5.78 Å². The van der Waals surface area contributed by atoms with Crippen molar-refractivity contribution in [1.29, 1.82) is 0 Å². The normalized spacial score (nSPS) is 22.3. The average molecular weight is 228 g/mol. The zero-order valence-corrected chi connectivity index (χ0v) is 8.02. The molecule has 1 atom stereocenters. The molecule has 1 heterocycles. The quantitative estimate of drug-likeness (QED) is 0.675. The van der Waals surface area contributed by atoms with Crippen molar-refractivity contribution in [3.05, 3.63) is 0 Å². The number of carbonyl (C=O) groups excluding carboxylic acids is 1. The zero-order valence-electron chi connectivity index (χ0n) is 8.02. The van der Waals surface area contributed by atoms with Gasteiger partial charge in [0.25, 0.3) is 0 Å². The second-order valence-electron chi connectivity index (χ2n) is 3.52. The lowest BCUT2D eigenvalue weighted by molar-refractivity contribution is -0.167. The van der Waals surface area contributed by atoms with Gasteiger partial charge in [0, 0.05) is 13.0 Å². The molecule has 2 nitrogen and oxygen atoms in total. The van der Waals surface area contributed by atoms with Crippen LogP contribution in [0.25, 0.3) is 0 Å². The molecule has 6 heteroatoms. The Morgan fingerprint density at radius 2 is 2.13 bits per heavy atom. The first-order valence-corrected chi connectivity index (χ1v) is 4.75. The molecule has 1 aliphatic heterocycles. The van der Waals surface area contributed by atoms with E-state index in [9.17, 15) is 22.4 Å². The molecule has 0 amide bonds. The molecular weight excluding hydrogens is 216 g/mol. The number of rotatable bonds is 5. The molecule has 0 aromatic heterocycles. The topological polar surface area (TPSA) is 26.3 Å². The van der Waals surface area contributed by atoms with Crippen LogP contribution in [-0.2, 0) is 9.53 Å². The Morgan fingerprint density at radius 1 is 1.47 bits per heavy atom. The van der Waals surface area contributed by atoms with E-state index in [1.807, 2.05) is 0 Å². The molecule has 0 saturated carbocycles. The molecule has 0 spiro atoms. The molecule has 15 heavy (non-hydrogen) atoms. The highest BCUT2D eigenvalue weighted by molar-refractivity contribution is 5.86. The van der Waals surface area contributed by atoms with E-state index in [1.165, 1.54) is 0 Å². The molecular formula is C9H12F4O2. The second-order valence-corrected chi connectivity index (χ2v) is 3.52. The average Bonchev–Trinajstić information content (AvgIpc) is 2.66. The van der Waals surface area contributed by atoms with Crippen molar-refractivity contribution in [2.24, 2.45) is 0 Å². The van der Waals surface area contributed by atoms with Crippen molar-refractivity contribution in [3.8, 4) is 0 Å². The first kappa shape index (κ1) is 12.4. The van der Waals surface area contributed by atoms with Gasteiger partial charge in [-0.05, 0) is 19.3 Å². The Bertz CT molecular complexity index is 224. The molecule has 0 aromatic carbocycles. The van der Waals surface area contributed by atoms with Crippen LogP contribution in [0, 0.1) is 0 Å². The summed E-state index contributed by atoms with van der Waals surface area (Å²) in [5, 5.41) is 0. The standard InChI is InChI=1S/C9H12F4O2/c10-8(11)9(12,13)7(14)4-3-6-2-1-5-15-6/h6,8H,1-5H2. The second kappa shape index (κ2) is 4.92. The highest BCUT2D eigenvalue weighted by atomic mass is 19.3. The summed E-state index contributed by atoms with van der Waals surface area (Å²) in [5.41, 5.74) is 0. The first-order chi connectivity index (χ1) is 6.94. The summed E-state index contributed by atoms with van der Waals surface area (Å²) in [6.45, 7) is 0.546. The number of carbonyl (C=O) groups is 1. The summed E-state index contributed by atoms with van der Waals surface area (Å²) in [5.74, 6) is -6.22. The third kappa shape index (κ3) is 3.15. The monoisotopic (exact) mass is 228 g/mol. The summed E-state index contributed by atoms with van der Waals surface area (Å²) >= 11 is 0. The van der Waals surface area contributed by atoms with Gasteiger partial charge in [-0.3, -0.25) is 4.79 Å². The summed E-state index contributed by atoms with van der Waals surface area (Å²) in [4.78, 5) is 10.8. The largest absolute Gasteiger partial charge is 0.378 e. The van der Waals surface area contributed by atoms with Gasteiger partial charge in [0.2, 0.25) is 5.78 Å². The van der Waals surface area contributed by atoms with Gasteiger partial charge in [-0.2, -0.15) is 8.78 Å². The number of Topliss-reactive ketones (excluding diaryl/α,β-unsaturated/α-hetero) is 1. The summed E-state index contributed by atoms with van der Waals surface area (Å²) in [6.07, 6.45) is -3.09. The summed E-state index contributed by atoms with van der Waals surface area (Å²) < 4.78 is 53.6. The lowest BCUT2D eigenvalue weighted by atomic mass is 10.1. The fourth-order valence-electron chi connectivity index (χ4n) is 1.45. The van der Waals surface area contributed by atoms with Gasteiger partial charge in [-0.25, -0.2) is 8.78 Å². The van der Waals surface area contributed by atoms with Crippen LogP contribution in [-0.4, -0.2) is 30.8 Å². The minimum absolute atomic E-state index is 0.0984. The van der Waals surface area contributed by atoms with E-state index in [2.05, 4.69) is 0 Å². The van der Waals surface area contributed by atoms with Gasteiger partial charge in [-0.1, -0.05) is 0 Å².